The molecular formula is C21H32O4. The normalized spacial score (nSPS) is 59.8. The van der Waals surface area contributed by atoms with E-state index in [1.54, 1.807) is 6.92 Å². The average molecular weight is 348 g/mol. The topological polar surface area (TPSA) is 66.8 Å². The summed E-state index contributed by atoms with van der Waals surface area (Å²) in [6.45, 7) is 4.75. The van der Waals surface area contributed by atoms with Crippen LogP contribution in [0.4, 0.5) is 0 Å². The largest absolute Gasteiger partial charge is 0.393 e. The Labute approximate surface area is 150 Å². The van der Waals surface area contributed by atoms with Gasteiger partial charge in [0.2, 0.25) is 0 Å². The molecule has 0 unspecified atom stereocenters. The van der Waals surface area contributed by atoms with Crippen LogP contribution in [0, 0.1) is 28.6 Å². The van der Waals surface area contributed by atoms with Crippen molar-refractivity contribution in [2.75, 3.05) is 6.61 Å². The van der Waals surface area contributed by atoms with E-state index in [-0.39, 0.29) is 28.5 Å². The second-order valence-electron chi connectivity index (χ2n) is 10.2. The molecule has 1 saturated heterocycles. The Balaban J connectivity index is 1.56. The van der Waals surface area contributed by atoms with Gasteiger partial charge in [0.25, 0.3) is 0 Å². The van der Waals surface area contributed by atoms with Crippen LogP contribution in [0.3, 0.4) is 0 Å². The van der Waals surface area contributed by atoms with E-state index in [4.69, 9.17) is 4.74 Å². The minimum absolute atomic E-state index is 0.0670. The van der Waals surface area contributed by atoms with Gasteiger partial charge in [0.05, 0.1) is 23.9 Å². The van der Waals surface area contributed by atoms with E-state index in [2.05, 4.69) is 6.92 Å². The Morgan fingerprint density at radius 2 is 1.84 bits per heavy atom. The van der Waals surface area contributed by atoms with Gasteiger partial charge >= 0.3 is 0 Å². The molecule has 1 spiro atoms. The molecule has 4 nitrogen and oxygen atoms in total. The van der Waals surface area contributed by atoms with E-state index in [1.165, 1.54) is 0 Å². The van der Waals surface area contributed by atoms with Crippen molar-refractivity contribution in [1.29, 1.82) is 0 Å². The van der Waals surface area contributed by atoms with Gasteiger partial charge in [-0.2, -0.15) is 0 Å². The van der Waals surface area contributed by atoms with Gasteiger partial charge in [-0.3, -0.25) is 4.79 Å². The first-order valence-electron chi connectivity index (χ1n) is 10.3. The maximum absolute atomic E-state index is 12.3. The number of ether oxygens (including phenoxy) is 1. The fourth-order valence-corrected chi connectivity index (χ4v) is 8.54. The number of Topliss-reactive ketones (excluding diaryl/α,β-unsaturated/α-hetero) is 1. The van der Waals surface area contributed by atoms with Gasteiger partial charge in [0, 0.05) is 17.8 Å². The fourth-order valence-electron chi connectivity index (χ4n) is 8.54. The summed E-state index contributed by atoms with van der Waals surface area (Å²) in [5, 5.41) is 21.7. The highest BCUT2D eigenvalue weighted by Gasteiger charge is 2.76. The average Bonchev–Trinajstić information content (AvgIpc) is 3.03. The highest BCUT2D eigenvalue weighted by Crippen LogP contribution is 2.74. The van der Waals surface area contributed by atoms with Crippen LogP contribution in [-0.2, 0) is 9.53 Å². The van der Waals surface area contributed by atoms with Crippen LogP contribution in [0.5, 0.6) is 0 Å². The van der Waals surface area contributed by atoms with Gasteiger partial charge in [-0.15, -0.1) is 0 Å². The van der Waals surface area contributed by atoms with E-state index >= 15 is 0 Å². The van der Waals surface area contributed by atoms with Crippen LogP contribution in [0.1, 0.15) is 71.6 Å². The van der Waals surface area contributed by atoms with Crippen molar-refractivity contribution >= 4 is 5.78 Å². The SMILES string of the molecule is CC(=O)[C@H]1CC[C@@H]2[C@]1(C)CC[C@H]1[C@@]23CC[C@@]2(O)C[C@@H](O)CC[C@]12CO3. The van der Waals surface area contributed by atoms with E-state index in [9.17, 15) is 15.0 Å². The maximum Gasteiger partial charge on any atom is 0.133 e. The molecule has 140 valence electrons. The number of fused-ring (bicyclic) bond motifs is 1. The maximum atomic E-state index is 12.3. The second kappa shape index (κ2) is 4.88. The lowest BCUT2D eigenvalue weighted by molar-refractivity contribution is -0.215. The smallest absolute Gasteiger partial charge is 0.133 e. The summed E-state index contributed by atoms with van der Waals surface area (Å²) in [7, 11) is 0. The van der Waals surface area contributed by atoms with E-state index in [0.717, 1.165) is 51.4 Å². The molecule has 0 aromatic heterocycles. The van der Waals surface area contributed by atoms with Crippen molar-refractivity contribution in [2.24, 2.45) is 28.6 Å². The lowest BCUT2D eigenvalue weighted by Crippen LogP contribution is -2.66. The Bertz CT molecular complexity index is 619. The fraction of sp³-hybridized carbons (Fsp3) is 0.952. The van der Waals surface area contributed by atoms with Crippen LogP contribution in [0.25, 0.3) is 0 Å². The summed E-state index contributed by atoms with van der Waals surface area (Å²) in [5.74, 6) is 1.38. The molecule has 4 aliphatic carbocycles. The molecular weight excluding hydrogens is 316 g/mol. The first kappa shape index (κ1) is 16.7. The van der Waals surface area contributed by atoms with Crippen LogP contribution in [0.2, 0.25) is 0 Å². The van der Waals surface area contributed by atoms with Crippen molar-refractivity contribution in [1.82, 2.24) is 0 Å². The van der Waals surface area contributed by atoms with Gasteiger partial charge in [0.1, 0.15) is 5.78 Å². The van der Waals surface area contributed by atoms with Crippen LogP contribution < -0.4 is 0 Å². The molecule has 2 N–H and O–H groups in total. The highest BCUT2D eigenvalue weighted by molar-refractivity contribution is 5.79. The molecule has 0 radical (unpaired) electrons. The Morgan fingerprint density at radius 3 is 2.60 bits per heavy atom. The minimum atomic E-state index is -0.762. The molecule has 0 aromatic carbocycles. The van der Waals surface area contributed by atoms with Gasteiger partial charge in [0.15, 0.2) is 0 Å². The van der Waals surface area contributed by atoms with Crippen molar-refractivity contribution in [2.45, 2.75) is 88.9 Å². The van der Waals surface area contributed by atoms with Gasteiger partial charge in [-0.1, -0.05) is 6.92 Å². The lowest BCUT2D eigenvalue weighted by atomic mass is 9.42. The number of rotatable bonds is 1. The minimum Gasteiger partial charge on any atom is -0.393 e. The third-order valence-electron chi connectivity index (χ3n) is 9.60. The molecule has 0 aromatic rings. The summed E-state index contributed by atoms with van der Waals surface area (Å²) in [5.41, 5.74) is -0.995. The third-order valence-corrected chi connectivity index (χ3v) is 9.60. The Hall–Kier alpha value is -0.450. The van der Waals surface area contributed by atoms with E-state index < -0.39 is 5.60 Å². The molecule has 2 bridgehead atoms. The number of aliphatic hydroxyl groups excluding tert-OH is 1. The van der Waals surface area contributed by atoms with Crippen LogP contribution >= 0.6 is 0 Å². The molecule has 5 rings (SSSR count). The van der Waals surface area contributed by atoms with Crippen LogP contribution in [0.15, 0.2) is 0 Å². The van der Waals surface area contributed by atoms with E-state index in [1.807, 2.05) is 0 Å². The monoisotopic (exact) mass is 348 g/mol. The summed E-state index contributed by atoms with van der Waals surface area (Å²) in [4.78, 5) is 12.3. The summed E-state index contributed by atoms with van der Waals surface area (Å²) in [6.07, 6.45) is 7.71. The summed E-state index contributed by atoms with van der Waals surface area (Å²) >= 11 is 0. The number of aliphatic hydroxyl groups is 2. The molecule has 0 amide bonds. The van der Waals surface area contributed by atoms with Crippen molar-refractivity contribution < 1.29 is 19.7 Å². The zero-order valence-electron chi connectivity index (χ0n) is 15.6. The quantitative estimate of drug-likeness (QED) is 0.765. The Morgan fingerprint density at radius 1 is 1.04 bits per heavy atom. The molecule has 8 atom stereocenters. The number of carbonyl (C=O) groups excluding carboxylic acids is 1. The molecule has 4 heteroatoms. The number of hydrogen-bond donors (Lipinski definition) is 2. The molecule has 1 aliphatic heterocycles. The standard InChI is InChI=1S/C21H32O4/c1-13(22)15-3-4-16-18(15,2)7-6-17-19-8-5-14(23)11-20(19,24)9-10-21(16,17)25-12-19/h14-17,23-24H,3-12H2,1-2H3/t14-,15+,16+,17+,18+,19-,20+,21+/m0/s1. The zero-order valence-corrected chi connectivity index (χ0v) is 15.6. The van der Waals surface area contributed by atoms with Gasteiger partial charge < -0.3 is 14.9 Å². The van der Waals surface area contributed by atoms with Gasteiger partial charge in [-0.05, 0) is 75.5 Å². The first-order valence-corrected chi connectivity index (χ1v) is 10.3. The molecule has 4 saturated carbocycles. The molecule has 5 aliphatic rings. The second-order valence-corrected chi connectivity index (χ2v) is 10.2. The lowest BCUT2D eigenvalue weighted by Gasteiger charge is -2.63. The molecule has 1 heterocycles. The number of ketones is 1. The Kier molecular flexibility index (Phi) is 3.26. The third kappa shape index (κ3) is 1.77. The number of hydrogen-bond acceptors (Lipinski definition) is 4. The molecule has 25 heavy (non-hydrogen) atoms. The van der Waals surface area contributed by atoms with Crippen molar-refractivity contribution in [3.05, 3.63) is 0 Å². The number of carbonyl (C=O) groups is 1. The first-order chi connectivity index (χ1) is 11.8. The molecule has 5 fully saturated rings. The summed E-state index contributed by atoms with van der Waals surface area (Å²) < 4.78 is 6.68. The predicted molar refractivity (Wildman–Crippen MR) is 92.9 cm³/mol. The summed E-state index contributed by atoms with van der Waals surface area (Å²) in [6, 6.07) is 0. The zero-order chi connectivity index (χ0) is 17.7. The van der Waals surface area contributed by atoms with Crippen molar-refractivity contribution in [3.8, 4) is 0 Å². The van der Waals surface area contributed by atoms with Crippen LogP contribution in [-0.4, -0.2) is 39.9 Å². The van der Waals surface area contributed by atoms with Gasteiger partial charge in [-0.25, -0.2) is 0 Å². The highest BCUT2D eigenvalue weighted by atomic mass is 16.5. The van der Waals surface area contributed by atoms with Crippen molar-refractivity contribution in [3.63, 3.8) is 0 Å². The van der Waals surface area contributed by atoms with E-state index in [0.29, 0.717) is 30.6 Å². The predicted octanol–water partition coefficient (Wildman–Crippen LogP) is 2.84.